The number of ether oxygens (including phenoxy) is 1. The maximum absolute atomic E-state index is 12.9. The molecule has 3 aromatic rings. The molecule has 34 heavy (non-hydrogen) atoms. The van der Waals surface area contributed by atoms with Gasteiger partial charge >= 0.3 is 0 Å². The molecule has 1 atom stereocenters. The second-order valence-electron chi connectivity index (χ2n) is 8.20. The van der Waals surface area contributed by atoms with Gasteiger partial charge in [-0.25, -0.2) is 8.42 Å². The second kappa shape index (κ2) is 10.8. The van der Waals surface area contributed by atoms with Gasteiger partial charge in [-0.2, -0.15) is 0 Å². The monoisotopic (exact) mass is 483 g/mol. The van der Waals surface area contributed by atoms with Crippen LogP contribution < -0.4 is 14.8 Å². The van der Waals surface area contributed by atoms with Crippen LogP contribution in [0, 0.1) is 0 Å². The van der Waals surface area contributed by atoms with Gasteiger partial charge in [0, 0.05) is 17.8 Å². The summed E-state index contributed by atoms with van der Waals surface area (Å²) in [6.45, 7) is 2.27. The molecular weight excluding hydrogens is 454 g/mol. The smallest absolute Gasteiger partial charge is 0.261 e. The number of rotatable bonds is 9. The number of nitrogens with zero attached hydrogens (tertiary/aromatic N) is 1. The molecule has 180 valence electrons. The highest BCUT2D eigenvalue weighted by Crippen LogP contribution is 2.25. The topological polar surface area (TPSA) is 101 Å². The summed E-state index contributed by atoms with van der Waals surface area (Å²) < 4.78 is 39.0. The largest absolute Gasteiger partial charge is 0.497 e. The van der Waals surface area contributed by atoms with Crippen molar-refractivity contribution < 1.29 is 22.4 Å². The lowest BCUT2D eigenvalue weighted by Crippen LogP contribution is -2.40. The number of methoxy groups -OCH3 is 1. The van der Waals surface area contributed by atoms with Crippen molar-refractivity contribution in [3.8, 4) is 5.75 Å². The lowest BCUT2D eigenvalue weighted by atomic mass is 10.1. The molecule has 1 saturated heterocycles. The van der Waals surface area contributed by atoms with Crippen LogP contribution in [0.2, 0.25) is 0 Å². The van der Waals surface area contributed by atoms with E-state index in [4.69, 9.17) is 9.15 Å². The molecule has 1 aliphatic rings. The SMILES string of the molecule is COc1ccc(NS(=O)(=O)c2cccc(C(=O)NC[C@@H](c3ccco3)N3CCCCC3)c2)cc1. The number of sulfonamides is 1. The third-order valence-corrected chi connectivity index (χ3v) is 7.29. The fourth-order valence-corrected chi connectivity index (χ4v) is 5.19. The predicted octanol–water partition coefficient (Wildman–Crippen LogP) is 4.05. The molecular formula is C25H29N3O5S. The zero-order chi connectivity index (χ0) is 24.0. The fraction of sp³-hybridized carbons (Fsp3) is 0.320. The highest BCUT2D eigenvalue weighted by atomic mass is 32.2. The van der Waals surface area contributed by atoms with E-state index in [-0.39, 0.29) is 22.4 Å². The molecule has 1 amide bonds. The van der Waals surface area contributed by atoms with Crippen LogP contribution in [-0.2, 0) is 10.0 Å². The van der Waals surface area contributed by atoms with E-state index < -0.39 is 10.0 Å². The van der Waals surface area contributed by atoms with Gasteiger partial charge in [0.25, 0.3) is 15.9 Å². The molecule has 9 heteroatoms. The number of piperidine rings is 1. The molecule has 4 rings (SSSR count). The molecule has 8 nitrogen and oxygen atoms in total. The van der Waals surface area contributed by atoms with Crippen LogP contribution in [0.5, 0.6) is 5.75 Å². The number of furan rings is 1. The van der Waals surface area contributed by atoms with Gasteiger partial charge in [0.2, 0.25) is 0 Å². The van der Waals surface area contributed by atoms with Gasteiger partial charge in [0.1, 0.15) is 11.5 Å². The van der Waals surface area contributed by atoms with Crippen molar-refractivity contribution in [2.24, 2.45) is 0 Å². The van der Waals surface area contributed by atoms with Gasteiger partial charge in [-0.05, 0) is 80.5 Å². The Morgan fingerprint density at radius 2 is 1.82 bits per heavy atom. The van der Waals surface area contributed by atoms with Gasteiger partial charge in [-0.15, -0.1) is 0 Å². The third kappa shape index (κ3) is 5.78. The van der Waals surface area contributed by atoms with E-state index in [0.717, 1.165) is 31.7 Å². The minimum atomic E-state index is -3.87. The summed E-state index contributed by atoms with van der Waals surface area (Å²) in [4.78, 5) is 15.3. The molecule has 0 radical (unpaired) electrons. The Kier molecular flexibility index (Phi) is 7.54. The summed E-state index contributed by atoms with van der Waals surface area (Å²) in [5.74, 6) is 1.09. The van der Waals surface area contributed by atoms with E-state index in [0.29, 0.717) is 18.0 Å². The van der Waals surface area contributed by atoms with Crippen LogP contribution in [0.4, 0.5) is 5.69 Å². The molecule has 0 bridgehead atoms. The Balaban J connectivity index is 1.45. The summed E-state index contributed by atoms with van der Waals surface area (Å²) in [5, 5.41) is 2.96. The Hall–Kier alpha value is -3.30. The molecule has 0 aliphatic carbocycles. The summed E-state index contributed by atoms with van der Waals surface area (Å²) in [7, 11) is -2.33. The minimum absolute atomic E-state index is 0.00887. The van der Waals surface area contributed by atoms with Crippen LogP contribution in [0.25, 0.3) is 0 Å². The summed E-state index contributed by atoms with van der Waals surface area (Å²) in [6, 6.07) is 16.3. The van der Waals surface area contributed by atoms with E-state index in [1.54, 1.807) is 49.8 Å². The highest BCUT2D eigenvalue weighted by Gasteiger charge is 2.25. The quantitative estimate of drug-likeness (QED) is 0.476. The van der Waals surface area contributed by atoms with Crippen LogP contribution in [0.15, 0.2) is 76.2 Å². The molecule has 0 saturated carbocycles. The Labute approximate surface area is 200 Å². The van der Waals surface area contributed by atoms with E-state index in [1.807, 2.05) is 12.1 Å². The van der Waals surface area contributed by atoms with Crippen molar-refractivity contribution in [3.63, 3.8) is 0 Å². The number of carbonyl (C=O) groups excluding carboxylic acids is 1. The van der Waals surface area contributed by atoms with E-state index in [2.05, 4.69) is 14.9 Å². The second-order valence-corrected chi connectivity index (χ2v) is 9.88. The number of benzene rings is 2. The average molecular weight is 484 g/mol. The maximum atomic E-state index is 12.9. The first-order chi connectivity index (χ1) is 16.5. The van der Waals surface area contributed by atoms with Gasteiger partial charge in [0.15, 0.2) is 0 Å². The third-order valence-electron chi connectivity index (χ3n) is 5.91. The van der Waals surface area contributed by atoms with E-state index in [9.17, 15) is 13.2 Å². The average Bonchev–Trinajstić information content (AvgIpc) is 3.40. The first-order valence-corrected chi connectivity index (χ1v) is 12.8. The Morgan fingerprint density at radius 1 is 1.06 bits per heavy atom. The zero-order valence-electron chi connectivity index (χ0n) is 19.1. The van der Waals surface area contributed by atoms with Gasteiger partial charge in [-0.1, -0.05) is 12.5 Å². The predicted molar refractivity (Wildman–Crippen MR) is 129 cm³/mol. The number of likely N-dealkylation sites (tertiary alicyclic amines) is 1. The molecule has 1 fully saturated rings. The van der Waals surface area contributed by atoms with Crippen molar-refractivity contribution in [1.29, 1.82) is 0 Å². The molecule has 2 aromatic carbocycles. The summed E-state index contributed by atoms with van der Waals surface area (Å²) >= 11 is 0. The van der Waals surface area contributed by atoms with Crippen LogP contribution in [0.3, 0.4) is 0 Å². The van der Waals surface area contributed by atoms with Crippen molar-refractivity contribution >= 4 is 21.6 Å². The molecule has 0 spiro atoms. The molecule has 1 aliphatic heterocycles. The lowest BCUT2D eigenvalue weighted by Gasteiger charge is -2.33. The van der Waals surface area contributed by atoms with E-state index >= 15 is 0 Å². The fourth-order valence-electron chi connectivity index (χ4n) is 4.09. The molecule has 1 aromatic heterocycles. The van der Waals surface area contributed by atoms with Crippen LogP contribution in [-0.4, -0.2) is 46.0 Å². The standard InChI is InChI=1S/C25H29N3O5S/c1-32-21-12-10-20(11-13-21)27-34(30,31)22-8-5-7-19(17-22)25(29)26-18-23(24-9-6-16-33-24)28-14-3-2-4-15-28/h5-13,16-17,23,27H,2-4,14-15,18H2,1H3,(H,26,29)/t23-/m0/s1. The van der Waals surface area contributed by atoms with Crippen LogP contribution >= 0.6 is 0 Å². The van der Waals surface area contributed by atoms with Gasteiger partial charge < -0.3 is 14.5 Å². The minimum Gasteiger partial charge on any atom is -0.497 e. The number of carbonyl (C=O) groups is 1. The van der Waals surface area contributed by atoms with E-state index in [1.165, 1.54) is 18.6 Å². The van der Waals surface area contributed by atoms with Crippen molar-refractivity contribution in [1.82, 2.24) is 10.2 Å². The number of amides is 1. The summed E-state index contributed by atoms with van der Waals surface area (Å²) in [5.41, 5.74) is 0.674. The highest BCUT2D eigenvalue weighted by molar-refractivity contribution is 7.92. The summed E-state index contributed by atoms with van der Waals surface area (Å²) in [6.07, 6.45) is 5.08. The number of nitrogens with one attached hydrogen (secondary N) is 2. The number of anilines is 1. The normalized spacial score (nSPS) is 15.4. The Morgan fingerprint density at radius 3 is 2.50 bits per heavy atom. The first kappa shape index (κ1) is 23.8. The molecule has 2 heterocycles. The lowest BCUT2D eigenvalue weighted by molar-refractivity contribution is 0.0914. The van der Waals surface area contributed by atoms with Crippen molar-refractivity contribution in [2.45, 2.75) is 30.2 Å². The number of hydrogen-bond donors (Lipinski definition) is 2. The van der Waals surface area contributed by atoms with Crippen molar-refractivity contribution in [3.05, 3.63) is 78.3 Å². The Bertz CT molecular complexity index is 1190. The molecule has 2 N–H and O–H groups in total. The number of hydrogen-bond acceptors (Lipinski definition) is 6. The van der Waals surface area contributed by atoms with Crippen LogP contribution in [0.1, 0.15) is 41.4 Å². The van der Waals surface area contributed by atoms with Crippen molar-refractivity contribution in [2.75, 3.05) is 31.5 Å². The molecule has 0 unspecified atom stereocenters. The zero-order valence-corrected chi connectivity index (χ0v) is 19.9. The van der Waals surface area contributed by atoms with Gasteiger partial charge in [-0.3, -0.25) is 14.4 Å². The van der Waals surface area contributed by atoms with Gasteiger partial charge in [0.05, 0.1) is 24.3 Å². The maximum Gasteiger partial charge on any atom is 0.261 e. The first-order valence-electron chi connectivity index (χ1n) is 11.3.